The quantitative estimate of drug-likeness (QED) is 0.563. The molecule has 0 aliphatic carbocycles. The third-order valence-electron chi connectivity index (χ3n) is 4.26. The number of benzene rings is 3. The Balaban J connectivity index is 1.52. The van der Waals surface area contributed by atoms with Gasteiger partial charge in [0.15, 0.2) is 0 Å². The van der Waals surface area contributed by atoms with E-state index in [1.165, 1.54) is 0 Å². The summed E-state index contributed by atoms with van der Waals surface area (Å²) in [6.45, 7) is 2.05. The first-order valence-corrected chi connectivity index (χ1v) is 9.20. The van der Waals surface area contributed by atoms with Crippen LogP contribution in [0.5, 0.6) is 5.75 Å². The second-order valence-corrected chi connectivity index (χ2v) is 6.50. The van der Waals surface area contributed by atoms with E-state index in [4.69, 9.17) is 4.74 Å². The topological polar surface area (TPSA) is 79.5 Å². The van der Waals surface area contributed by atoms with Crippen LogP contribution in [0, 0.1) is 6.92 Å². The van der Waals surface area contributed by atoms with Crippen LogP contribution < -0.4 is 20.7 Å². The summed E-state index contributed by atoms with van der Waals surface area (Å²) in [5, 5.41) is 8.73. The van der Waals surface area contributed by atoms with E-state index in [0.29, 0.717) is 22.7 Å². The van der Waals surface area contributed by atoms with Gasteiger partial charge < -0.3 is 20.7 Å². The van der Waals surface area contributed by atoms with E-state index < -0.39 is 0 Å². The van der Waals surface area contributed by atoms with Crippen LogP contribution in [0.1, 0.15) is 15.9 Å². The van der Waals surface area contributed by atoms with E-state index >= 15 is 0 Å². The number of anilines is 3. The number of ether oxygens (including phenoxy) is 1. The monoisotopic (exact) mass is 389 g/mol. The van der Waals surface area contributed by atoms with Crippen molar-refractivity contribution in [2.75, 3.05) is 29.6 Å². The third-order valence-corrected chi connectivity index (χ3v) is 4.26. The molecule has 0 atom stereocenters. The van der Waals surface area contributed by atoms with Gasteiger partial charge in [-0.25, -0.2) is 0 Å². The molecule has 3 aromatic rings. The molecular weight excluding hydrogens is 366 g/mol. The number of rotatable bonds is 7. The molecule has 0 fully saturated rings. The lowest BCUT2D eigenvalue weighted by molar-refractivity contribution is -0.114. The fourth-order valence-electron chi connectivity index (χ4n) is 2.79. The molecule has 148 valence electrons. The van der Waals surface area contributed by atoms with Gasteiger partial charge in [-0.1, -0.05) is 29.8 Å². The van der Waals surface area contributed by atoms with Crippen molar-refractivity contribution in [3.05, 3.63) is 83.9 Å². The highest BCUT2D eigenvalue weighted by Crippen LogP contribution is 2.23. The number of carbonyl (C=O) groups excluding carboxylic acids is 2. The minimum atomic E-state index is -0.189. The van der Waals surface area contributed by atoms with Gasteiger partial charge in [-0.3, -0.25) is 9.59 Å². The Hall–Kier alpha value is -3.80. The van der Waals surface area contributed by atoms with Gasteiger partial charge in [0.2, 0.25) is 5.91 Å². The lowest BCUT2D eigenvalue weighted by Gasteiger charge is -2.11. The van der Waals surface area contributed by atoms with Gasteiger partial charge in [0, 0.05) is 16.9 Å². The predicted octanol–water partition coefficient (Wildman–Crippen LogP) is 4.31. The molecule has 0 spiro atoms. The van der Waals surface area contributed by atoms with Crippen LogP contribution >= 0.6 is 0 Å². The first-order valence-electron chi connectivity index (χ1n) is 9.20. The van der Waals surface area contributed by atoms with Crippen LogP contribution in [0.4, 0.5) is 17.1 Å². The Bertz CT molecular complexity index is 1000. The zero-order valence-electron chi connectivity index (χ0n) is 16.4. The maximum atomic E-state index is 12.3. The Morgan fingerprint density at radius 1 is 0.862 bits per heavy atom. The Kier molecular flexibility index (Phi) is 6.47. The number of nitrogens with one attached hydrogen (secondary N) is 3. The van der Waals surface area contributed by atoms with Crippen molar-refractivity contribution in [2.45, 2.75) is 6.92 Å². The number of hydrogen-bond acceptors (Lipinski definition) is 4. The molecule has 0 aromatic heterocycles. The number of amides is 2. The van der Waals surface area contributed by atoms with Crippen molar-refractivity contribution in [2.24, 2.45) is 0 Å². The van der Waals surface area contributed by atoms with Gasteiger partial charge in [0.1, 0.15) is 5.75 Å². The molecule has 0 aliphatic rings. The van der Waals surface area contributed by atoms with Crippen LogP contribution in [-0.4, -0.2) is 25.5 Å². The molecule has 0 radical (unpaired) electrons. The smallest absolute Gasteiger partial charge is 0.255 e. The molecule has 3 aromatic carbocycles. The first-order chi connectivity index (χ1) is 14.0. The highest BCUT2D eigenvalue weighted by atomic mass is 16.5. The van der Waals surface area contributed by atoms with Gasteiger partial charge >= 0.3 is 0 Å². The van der Waals surface area contributed by atoms with Crippen LogP contribution in [0.15, 0.2) is 72.8 Å². The van der Waals surface area contributed by atoms with Crippen LogP contribution in [0.3, 0.4) is 0 Å². The van der Waals surface area contributed by atoms with Crippen molar-refractivity contribution in [1.82, 2.24) is 0 Å². The number of hydrogen-bond donors (Lipinski definition) is 3. The lowest BCUT2D eigenvalue weighted by Crippen LogP contribution is -2.22. The second-order valence-electron chi connectivity index (χ2n) is 6.50. The molecular formula is C23H23N3O3. The highest BCUT2D eigenvalue weighted by molar-refractivity contribution is 6.04. The standard InChI is InChI=1S/C23H23N3O3/c1-16-6-5-7-17(14-16)23(28)25-19-12-10-18(11-13-19)24-15-22(27)26-20-8-3-4-9-21(20)29-2/h3-14,24H,15H2,1-2H3,(H,25,28)(H,26,27). The normalized spacial score (nSPS) is 10.1. The van der Waals surface area contributed by atoms with Gasteiger partial charge in [-0.15, -0.1) is 0 Å². The maximum absolute atomic E-state index is 12.3. The number of para-hydroxylation sites is 2. The summed E-state index contributed by atoms with van der Waals surface area (Å²) in [5.74, 6) is 0.256. The SMILES string of the molecule is COc1ccccc1NC(=O)CNc1ccc(NC(=O)c2cccc(C)c2)cc1. The fraction of sp³-hybridized carbons (Fsp3) is 0.130. The average Bonchev–Trinajstić information content (AvgIpc) is 2.73. The molecule has 0 saturated heterocycles. The molecule has 0 heterocycles. The summed E-state index contributed by atoms with van der Waals surface area (Å²) in [6.07, 6.45) is 0. The molecule has 6 nitrogen and oxygen atoms in total. The molecule has 0 aliphatic heterocycles. The average molecular weight is 389 g/mol. The van der Waals surface area contributed by atoms with Gasteiger partial charge in [0.25, 0.3) is 5.91 Å². The largest absolute Gasteiger partial charge is 0.495 e. The summed E-state index contributed by atoms with van der Waals surface area (Å²) in [7, 11) is 1.56. The summed E-state index contributed by atoms with van der Waals surface area (Å²) < 4.78 is 5.22. The van der Waals surface area contributed by atoms with Crippen LogP contribution in [0.2, 0.25) is 0 Å². The molecule has 0 bridgehead atoms. The fourth-order valence-corrected chi connectivity index (χ4v) is 2.79. The van der Waals surface area contributed by atoms with Crippen LogP contribution in [0.25, 0.3) is 0 Å². The van der Waals surface area contributed by atoms with Crippen molar-refractivity contribution < 1.29 is 14.3 Å². The first kappa shape index (κ1) is 19.9. The van der Waals surface area contributed by atoms with Crippen molar-refractivity contribution in [1.29, 1.82) is 0 Å². The lowest BCUT2D eigenvalue weighted by atomic mass is 10.1. The van der Waals surface area contributed by atoms with Gasteiger partial charge in [-0.2, -0.15) is 0 Å². The number of aryl methyl sites for hydroxylation is 1. The van der Waals surface area contributed by atoms with E-state index in [-0.39, 0.29) is 18.4 Å². The van der Waals surface area contributed by atoms with Gasteiger partial charge in [0.05, 0.1) is 19.3 Å². The van der Waals surface area contributed by atoms with Crippen molar-refractivity contribution in [3.8, 4) is 5.75 Å². The van der Waals surface area contributed by atoms with Crippen molar-refractivity contribution in [3.63, 3.8) is 0 Å². The molecule has 0 saturated carbocycles. The van der Waals surface area contributed by atoms with E-state index in [2.05, 4.69) is 16.0 Å². The summed E-state index contributed by atoms with van der Waals surface area (Å²) >= 11 is 0. The Morgan fingerprint density at radius 3 is 2.31 bits per heavy atom. The van der Waals surface area contributed by atoms with Crippen LogP contribution in [-0.2, 0) is 4.79 Å². The molecule has 3 rings (SSSR count). The molecule has 6 heteroatoms. The Morgan fingerprint density at radius 2 is 1.59 bits per heavy atom. The molecule has 29 heavy (non-hydrogen) atoms. The number of methoxy groups -OCH3 is 1. The molecule has 2 amide bonds. The van der Waals surface area contributed by atoms with Gasteiger partial charge in [-0.05, 0) is 55.5 Å². The minimum Gasteiger partial charge on any atom is -0.495 e. The molecule has 0 unspecified atom stereocenters. The predicted molar refractivity (Wildman–Crippen MR) is 116 cm³/mol. The summed E-state index contributed by atoms with van der Waals surface area (Å²) in [6, 6.07) is 21.8. The zero-order chi connectivity index (χ0) is 20.6. The molecule has 3 N–H and O–H groups in total. The zero-order valence-corrected chi connectivity index (χ0v) is 16.4. The Labute approximate surface area is 169 Å². The number of carbonyl (C=O) groups is 2. The highest BCUT2D eigenvalue weighted by Gasteiger charge is 2.08. The van der Waals surface area contributed by atoms with E-state index in [0.717, 1.165) is 11.3 Å². The maximum Gasteiger partial charge on any atom is 0.255 e. The second kappa shape index (κ2) is 9.41. The van der Waals surface area contributed by atoms with E-state index in [9.17, 15) is 9.59 Å². The summed E-state index contributed by atoms with van der Waals surface area (Å²) in [4.78, 5) is 24.5. The van der Waals surface area contributed by atoms with E-state index in [1.54, 1.807) is 37.4 Å². The van der Waals surface area contributed by atoms with E-state index in [1.807, 2.05) is 49.4 Å². The van der Waals surface area contributed by atoms with Crippen molar-refractivity contribution >= 4 is 28.9 Å². The summed E-state index contributed by atoms with van der Waals surface area (Å²) in [5.41, 5.74) is 3.72. The minimum absolute atomic E-state index is 0.104. The third kappa shape index (κ3) is 5.59.